The molecule has 0 saturated heterocycles. The Morgan fingerprint density at radius 1 is 1.54 bits per heavy atom. The molecule has 0 aromatic carbocycles. The van der Waals surface area contributed by atoms with Gasteiger partial charge in [0.2, 0.25) is 0 Å². The van der Waals surface area contributed by atoms with E-state index >= 15 is 0 Å². The standard InChI is InChI=1S/C10H14N2O/c1-7-4-5-9(12-6-7)10(13)8(2)11-3/h4-6,8,11H,1-3H3. The van der Waals surface area contributed by atoms with Crippen LogP contribution in [0.1, 0.15) is 23.0 Å². The van der Waals surface area contributed by atoms with Crippen LogP contribution >= 0.6 is 0 Å². The molecule has 0 aliphatic heterocycles. The Bertz CT molecular complexity index is 292. The summed E-state index contributed by atoms with van der Waals surface area (Å²) in [5.74, 6) is 0.0301. The highest BCUT2D eigenvalue weighted by Gasteiger charge is 2.13. The van der Waals surface area contributed by atoms with Gasteiger partial charge in [0.05, 0.1) is 6.04 Å². The lowest BCUT2D eigenvalue weighted by atomic mass is 10.1. The first kappa shape index (κ1) is 9.86. The summed E-state index contributed by atoms with van der Waals surface area (Å²) >= 11 is 0. The fourth-order valence-corrected chi connectivity index (χ4v) is 0.966. The number of hydrogen-bond acceptors (Lipinski definition) is 3. The molecule has 0 fully saturated rings. The summed E-state index contributed by atoms with van der Waals surface area (Å²) < 4.78 is 0. The highest BCUT2D eigenvalue weighted by Crippen LogP contribution is 2.01. The molecule has 1 aromatic rings. The second kappa shape index (κ2) is 4.14. The molecule has 0 spiro atoms. The van der Waals surface area contributed by atoms with Crippen molar-refractivity contribution in [1.29, 1.82) is 0 Å². The Balaban J connectivity index is 2.83. The third-order valence-corrected chi connectivity index (χ3v) is 1.99. The maximum absolute atomic E-state index is 11.6. The molecule has 1 atom stereocenters. The van der Waals surface area contributed by atoms with Crippen LogP contribution < -0.4 is 5.32 Å². The molecule has 1 N–H and O–H groups in total. The van der Waals surface area contributed by atoms with Gasteiger partial charge in [0.25, 0.3) is 0 Å². The van der Waals surface area contributed by atoms with E-state index in [9.17, 15) is 4.79 Å². The number of nitrogens with zero attached hydrogens (tertiary/aromatic N) is 1. The SMILES string of the molecule is CNC(C)C(=O)c1ccc(C)cn1. The molecule has 1 heterocycles. The molecule has 0 aliphatic rings. The molecule has 1 rings (SSSR count). The van der Waals surface area contributed by atoms with E-state index in [4.69, 9.17) is 0 Å². The first-order valence-corrected chi connectivity index (χ1v) is 4.29. The lowest BCUT2D eigenvalue weighted by Gasteiger charge is -2.07. The number of pyridine rings is 1. The summed E-state index contributed by atoms with van der Waals surface area (Å²) in [6.07, 6.45) is 1.70. The van der Waals surface area contributed by atoms with Crippen LogP contribution in [-0.4, -0.2) is 23.9 Å². The molecular weight excluding hydrogens is 164 g/mol. The monoisotopic (exact) mass is 178 g/mol. The smallest absolute Gasteiger partial charge is 0.197 e. The van der Waals surface area contributed by atoms with Gasteiger partial charge in [-0.15, -0.1) is 0 Å². The summed E-state index contributed by atoms with van der Waals surface area (Å²) in [6, 6.07) is 3.48. The topological polar surface area (TPSA) is 42.0 Å². The van der Waals surface area contributed by atoms with E-state index in [1.54, 1.807) is 19.3 Å². The van der Waals surface area contributed by atoms with Crippen molar-refractivity contribution in [2.75, 3.05) is 7.05 Å². The van der Waals surface area contributed by atoms with Crippen LogP contribution in [0.2, 0.25) is 0 Å². The van der Waals surface area contributed by atoms with Gasteiger partial charge in [0.1, 0.15) is 5.69 Å². The van der Waals surface area contributed by atoms with Crippen molar-refractivity contribution in [2.24, 2.45) is 0 Å². The molecule has 0 saturated carbocycles. The van der Waals surface area contributed by atoms with Crippen molar-refractivity contribution in [2.45, 2.75) is 19.9 Å². The van der Waals surface area contributed by atoms with Gasteiger partial charge in [-0.2, -0.15) is 0 Å². The number of aryl methyl sites for hydroxylation is 1. The third-order valence-electron chi connectivity index (χ3n) is 1.99. The normalized spacial score (nSPS) is 12.5. The van der Waals surface area contributed by atoms with Gasteiger partial charge in [0, 0.05) is 6.20 Å². The van der Waals surface area contributed by atoms with E-state index in [2.05, 4.69) is 10.3 Å². The van der Waals surface area contributed by atoms with Crippen molar-refractivity contribution < 1.29 is 4.79 Å². The molecule has 3 heteroatoms. The zero-order valence-corrected chi connectivity index (χ0v) is 8.16. The second-order valence-corrected chi connectivity index (χ2v) is 3.10. The van der Waals surface area contributed by atoms with Crippen LogP contribution in [0.5, 0.6) is 0 Å². The van der Waals surface area contributed by atoms with Crippen LogP contribution in [-0.2, 0) is 0 Å². The number of carbonyl (C=O) groups excluding carboxylic acids is 1. The summed E-state index contributed by atoms with van der Waals surface area (Å²) in [5.41, 5.74) is 1.58. The maximum atomic E-state index is 11.6. The van der Waals surface area contributed by atoms with Crippen molar-refractivity contribution in [3.05, 3.63) is 29.6 Å². The van der Waals surface area contributed by atoms with Crippen molar-refractivity contribution in [3.63, 3.8) is 0 Å². The summed E-state index contributed by atoms with van der Waals surface area (Å²) in [4.78, 5) is 15.6. The number of carbonyl (C=O) groups is 1. The van der Waals surface area contributed by atoms with E-state index in [0.29, 0.717) is 5.69 Å². The van der Waals surface area contributed by atoms with E-state index in [-0.39, 0.29) is 11.8 Å². The Hall–Kier alpha value is -1.22. The molecule has 1 aromatic heterocycles. The predicted octanol–water partition coefficient (Wildman–Crippen LogP) is 1.18. The van der Waals surface area contributed by atoms with E-state index in [0.717, 1.165) is 5.56 Å². The fraction of sp³-hybridized carbons (Fsp3) is 0.400. The highest BCUT2D eigenvalue weighted by atomic mass is 16.1. The van der Waals surface area contributed by atoms with Crippen molar-refractivity contribution >= 4 is 5.78 Å². The minimum absolute atomic E-state index is 0.0301. The number of aromatic nitrogens is 1. The number of likely N-dealkylation sites (N-methyl/N-ethyl adjacent to an activating group) is 1. The minimum Gasteiger partial charge on any atom is -0.310 e. The van der Waals surface area contributed by atoms with E-state index < -0.39 is 0 Å². The van der Waals surface area contributed by atoms with Gasteiger partial charge in [-0.25, -0.2) is 0 Å². The van der Waals surface area contributed by atoms with Gasteiger partial charge in [-0.3, -0.25) is 9.78 Å². The molecule has 0 aliphatic carbocycles. The van der Waals surface area contributed by atoms with Crippen LogP contribution in [0.15, 0.2) is 18.3 Å². The van der Waals surface area contributed by atoms with Crippen LogP contribution in [0.25, 0.3) is 0 Å². The number of nitrogens with one attached hydrogen (secondary N) is 1. The third kappa shape index (κ3) is 2.36. The summed E-state index contributed by atoms with van der Waals surface area (Å²) in [6.45, 7) is 3.77. The Morgan fingerprint density at radius 2 is 2.23 bits per heavy atom. The second-order valence-electron chi connectivity index (χ2n) is 3.10. The van der Waals surface area contributed by atoms with Crippen molar-refractivity contribution in [3.8, 4) is 0 Å². The number of ketones is 1. The van der Waals surface area contributed by atoms with Crippen LogP contribution in [0, 0.1) is 6.92 Å². The molecule has 70 valence electrons. The predicted molar refractivity (Wildman–Crippen MR) is 51.8 cm³/mol. The zero-order chi connectivity index (χ0) is 9.84. The quantitative estimate of drug-likeness (QED) is 0.707. The van der Waals surface area contributed by atoms with Gasteiger partial charge in [0.15, 0.2) is 5.78 Å². The molecule has 3 nitrogen and oxygen atoms in total. The average molecular weight is 178 g/mol. The molecule has 0 radical (unpaired) electrons. The number of rotatable bonds is 3. The van der Waals surface area contributed by atoms with Crippen molar-refractivity contribution in [1.82, 2.24) is 10.3 Å². The molecule has 13 heavy (non-hydrogen) atoms. The summed E-state index contributed by atoms with van der Waals surface area (Å²) in [5, 5.41) is 2.89. The average Bonchev–Trinajstić information content (AvgIpc) is 2.17. The highest BCUT2D eigenvalue weighted by molar-refractivity contribution is 5.98. The number of Topliss-reactive ketones (excluding diaryl/α,β-unsaturated/α-hetero) is 1. The lowest BCUT2D eigenvalue weighted by molar-refractivity contribution is 0.0950. The van der Waals surface area contributed by atoms with Crippen LogP contribution in [0.4, 0.5) is 0 Å². The molecule has 0 bridgehead atoms. The Labute approximate surface area is 78.2 Å². The van der Waals surface area contributed by atoms with E-state index in [1.165, 1.54) is 0 Å². The molecule has 1 unspecified atom stereocenters. The lowest BCUT2D eigenvalue weighted by Crippen LogP contribution is -2.31. The van der Waals surface area contributed by atoms with Gasteiger partial charge in [-0.1, -0.05) is 6.07 Å². The summed E-state index contributed by atoms with van der Waals surface area (Å²) in [7, 11) is 1.76. The number of hydrogen-bond donors (Lipinski definition) is 1. The maximum Gasteiger partial charge on any atom is 0.197 e. The van der Waals surface area contributed by atoms with Crippen LogP contribution in [0.3, 0.4) is 0 Å². The Morgan fingerprint density at radius 3 is 2.69 bits per heavy atom. The largest absolute Gasteiger partial charge is 0.310 e. The first-order chi connectivity index (χ1) is 6.15. The van der Waals surface area contributed by atoms with E-state index in [1.807, 2.05) is 19.9 Å². The Kier molecular flexibility index (Phi) is 3.14. The molecule has 0 amide bonds. The first-order valence-electron chi connectivity index (χ1n) is 4.29. The molecular formula is C10H14N2O. The fourth-order valence-electron chi connectivity index (χ4n) is 0.966. The van der Waals surface area contributed by atoms with Gasteiger partial charge >= 0.3 is 0 Å². The van der Waals surface area contributed by atoms with Gasteiger partial charge in [-0.05, 0) is 32.5 Å². The van der Waals surface area contributed by atoms with Gasteiger partial charge < -0.3 is 5.32 Å². The zero-order valence-electron chi connectivity index (χ0n) is 8.16. The minimum atomic E-state index is -0.171.